The highest BCUT2D eigenvalue weighted by Gasteiger charge is 2.38. The van der Waals surface area contributed by atoms with Crippen molar-refractivity contribution in [3.05, 3.63) is 31.8 Å². The van der Waals surface area contributed by atoms with Crippen molar-refractivity contribution >= 4 is 44.5 Å². The number of halogens is 2. The summed E-state index contributed by atoms with van der Waals surface area (Å²) in [7, 11) is 0. The Morgan fingerprint density at radius 1 is 1.53 bits per heavy atom. The zero-order chi connectivity index (χ0) is 11.0. The Balaban J connectivity index is 2.40. The first-order valence-electron chi connectivity index (χ1n) is 4.77. The summed E-state index contributed by atoms with van der Waals surface area (Å²) in [6.07, 6.45) is 2.08. The van der Waals surface area contributed by atoms with Gasteiger partial charge in [0, 0.05) is 8.04 Å². The molecule has 1 aliphatic rings. The molecule has 0 saturated heterocycles. The molecule has 0 radical (unpaired) electrons. The topological polar surface area (TPSA) is 37.3 Å². The van der Waals surface area contributed by atoms with E-state index in [-0.39, 0.29) is 5.92 Å². The minimum atomic E-state index is -0.700. The average molecular weight is 381 g/mol. The smallest absolute Gasteiger partial charge is 0.311 e. The van der Waals surface area contributed by atoms with E-state index in [0.29, 0.717) is 5.92 Å². The minimum Gasteiger partial charge on any atom is -0.481 e. The van der Waals surface area contributed by atoms with Crippen LogP contribution in [0.15, 0.2) is 22.7 Å². The van der Waals surface area contributed by atoms with Gasteiger partial charge in [-0.05, 0) is 65.1 Å². The highest BCUT2D eigenvalue weighted by atomic mass is 127. The molecular weight excluding hydrogens is 371 g/mol. The number of carboxylic acid groups (broad SMARTS) is 1. The number of aliphatic carboxylic acids is 1. The highest BCUT2D eigenvalue weighted by molar-refractivity contribution is 14.1. The van der Waals surface area contributed by atoms with Crippen LogP contribution in [0, 0.1) is 9.49 Å². The Hall–Kier alpha value is -0.100. The summed E-state index contributed by atoms with van der Waals surface area (Å²) in [6, 6.07) is 5.83. The van der Waals surface area contributed by atoms with Gasteiger partial charge in [-0.1, -0.05) is 15.9 Å². The van der Waals surface area contributed by atoms with E-state index in [2.05, 4.69) is 38.5 Å². The van der Waals surface area contributed by atoms with Crippen molar-refractivity contribution in [3.8, 4) is 0 Å². The molecule has 0 aromatic heterocycles. The van der Waals surface area contributed by atoms with Crippen LogP contribution in [0.2, 0.25) is 0 Å². The fourth-order valence-electron chi connectivity index (χ4n) is 1.77. The second-order valence-corrected chi connectivity index (χ2v) is 5.90. The second-order valence-electron chi connectivity index (χ2n) is 3.82. The third-order valence-electron chi connectivity index (χ3n) is 2.65. The van der Waals surface area contributed by atoms with Gasteiger partial charge in [0.05, 0.1) is 5.92 Å². The Bertz CT molecular complexity index is 402. The lowest BCUT2D eigenvalue weighted by Gasteiger charge is -2.13. The van der Waals surface area contributed by atoms with Crippen molar-refractivity contribution in [3.63, 3.8) is 0 Å². The molecule has 0 aliphatic heterocycles. The monoisotopic (exact) mass is 380 g/mol. The Morgan fingerprint density at radius 2 is 2.20 bits per heavy atom. The molecular formula is C11H10BrIO2. The van der Waals surface area contributed by atoms with Gasteiger partial charge < -0.3 is 5.11 Å². The maximum absolute atomic E-state index is 11.2. The van der Waals surface area contributed by atoms with Crippen LogP contribution in [-0.4, -0.2) is 11.1 Å². The quantitative estimate of drug-likeness (QED) is 0.813. The van der Waals surface area contributed by atoms with Gasteiger partial charge in [0.2, 0.25) is 0 Å². The van der Waals surface area contributed by atoms with Gasteiger partial charge in [-0.15, -0.1) is 0 Å². The van der Waals surface area contributed by atoms with E-state index in [9.17, 15) is 9.90 Å². The summed E-state index contributed by atoms with van der Waals surface area (Å²) in [5.41, 5.74) is 0.944. The van der Waals surface area contributed by atoms with E-state index < -0.39 is 5.97 Å². The largest absolute Gasteiger partial charge is 0.481 e. The molecule has 1 saturated carbocycles. The van der Waals surface area contributed by atoms with Crippen molar-refractivity contribution in [2.45, 2.75) is 18.8 Å². The molecule has 1 aliphatic carbocycles. The molecule has 1 N–H and O–H groups in total. The predicted octanol–water partition coefficient (Wildman–Crippen LogP) is 3.63. The molecule has 2 nitrogen and oxygen atoms in total. The molecule has 1 aromatic rings. The van der Waals surface area contributed by atoms with Crippen molar-refractivity contribution in [1.82, 2.24) is 0 Å². The van der Waals surface area contributed by atoms with Gasteiger partial charge in [-0.3, -0.25) is 4.79 Å². The van der Waals surface area contributed by atoms with Gasteiger partial charge in [0.1, 0.15) is 0 Å². The Labute approximate surface area is 110 Å². The van der Waals surface area contributed by atoms with Crippen molar-refractivity contribution < 1.29 is 9.90 Å². The number of hydrogen-bond acceptors (Lipinski definition) is 1. The van der Waals surface area contributed by atoms with Crippen LogP contribution in [0.1, 0.15) is 24.3 Å². The van der Waals surface area contributed by atoms with E-state index in [1.54, 1.807) is 0 Å². The molecule has 1 aromatic carbocycles. The highest BCUT2D eigenvalue weighted by Crippen LogP contribution is 2.44. The first-order chi connectivity index (χ1) is 7.09. The SMILES string of the molecule is O=C(O)C(c1cc(Br)ccc1I)C1CC1. The molecule has 0 amide bonds. The third-order valence-corrected chi connectivity index (χ3v) is 4.13. The Morgan fingerprint density at radius 3 is 2.73 bits per heavy atom. The van der Waals surface area contributed by atoms with Gasteiger partial charge in [-0.25, -0.2) is 0 Å². The average Bonchev–Trinajstić information content (AvgIpc) is 2.95. The zero-order valence-electron chi connectivity index (χ0n) is 7.91. The summed E-state index contributed by atoms with van der Waals surface area (Å²) in [6.45, 7) is 0. The molecule has 4 heteroatoms. The third kappa shape index (κ3) is 2.53. The first-order valence-corrected chi connectivity index (χ1v) is 6.64. The van der Waals surface area contributed by atoms with E-state index in [1.807, 2.05) is 18.2 Å². The fraction of sp³-hybridized carbons (Fsp3) is 0.364. The van der Waals surface area contributed by atoms with Crippen LogP contribution < -0.4 is 0 Å². The van der Waals surface area contributed by atoms with Crippen LogP contribution in [-0.2, 0) is 4.79 Å². The minimum absolute atomic E-state index is 0.325. The van der Waals surface area contributed by atoms with Crippen molar-refractivity contribution in [1.29, 1.82) is 0 Å². The van der Waals surface area contributed by atoms with E-state index in [0.717, 1.165) is 26.4 Å². The van der Waals surface area contributed by atoms with Crippen LogP contribution in [0.3, 0.4) is 0 Å². The van der Waals surface area contributed by atoms with Crippen LogP contribution in [0.25, 0.3) is 0 Å². The lowest BCUT2D eigenvalue weighted by Crippen LogP contribution is -2.14. The number of hydrogen-bond donors (Lipinski definition) is 1. The number of benzene rings is 1. The van der Waals surface area contributed by atoms with Crippen LogP contribution in [0.5, 0.6) is 0 Å². The van der Waals surface area contributed by atoms with Crippen LogP contribution >= 0.6 is 38.5 Å². The van der Waals surface area contributed by atoms with E-state index >= 15 is 0 Å². The number of carbonyl (C=O) groups is 1. The predicted molar refractivity (Wildman–Crippen MR) is 70.0 cm³/mol. The molecule has 0 bridgehead atoms. The van der Waals surface area contributed by atoms with Crippen LogP contribution in [0.4, 0.5) is 0 Å². The van der Waals surface area contributed by atoms with Gasteiger partial charge >= 0.3 is 5.97 Å². The summed E-state index contributed by atoms with van der Waals surface area (Å²) < 4.78 is 1.99. The fourth-order valence-corrected chi connectivity index (χ4v) is 2.82. The first kappa shape index (κ1) is 11.4. The van der Waals surface area contributed by atoms with Crippen molar-refractivity contribution in [2.24, 2.45) is 5.92 Å². The normalized spacial score (nSPS) is 17.5. The van der Waals surface area contributed by atoms with E-state index in [1.165, 1.54) is 0 Å². The lowest BCUT2D eigenvalue weighted by atomic mass is 9.94. The zero-order valence-corrected chi connectivity index (χ0v) is 11.7. The van der Waals surface area contributed by atoms with E-state index in [4.69, 9.17) is 0 Å². The molecule has 1 fully saturated rings. The van der Waals surface area contributed by atoms with Gasteiger partial charge in [-0.2, -0.15) is 0 Å². The second kappa shape index (κ2) is 4.41. The maximum atomic E-state index is 11.2. The molecule has 1 unspecified atom stereocenters. The number of carboxylic acids is 1. The standard InChI is InChI=1S/C11H10BrIO2/c12-7-3-4-9(13)8(5-7)10(11(14)15)6-1-2-6/h3-6,10H,1-2H2,(H,14,15). The van der Waals surface area contributed by atoms with Crippen molar-refractivity contribution in [2.75, 3.05) is 0 Å². The Kier molecular flexibility index (Phi) is 3.35. The molecule has 0 spiro atoms. The summed E-state index contributed by atoms with van der Waals surface area (Å²) in [5, 5.41) is 9.23. The molecule has 15 heavy (non-hydrogen) atoms. The molecule has 1 atom stereocenters. The summed E-state index contributed by atoms with van der Waals surface area (Å²) in [5.74, 6) is -0.687. The lowest BCUT2D eigenvalue weighted by molar-refractivity contribution is -0.139. The van der Waals surface area contributed by atoms with Gasteiger partial charge in [0.15, 0.2) is 0 Å². The summed E-state index contributed by atoms with van der Waals surface area (Å²) >= 11 is 5.59. The molecule has 2 rings (SSSR count). The summed E-state index contributed by atoms with van der Waals surface area (Å²) in [4.78, 5) is 11.2. The maximum Gasteiger partial charge on any atom is 0.311 e. The number of rotatable bonds is 3. The van der Waals surface area contributed by atoms with Gasteiger partial charge in [0.25, 0.3) is 0 Å². The molecule has 0 heterocycles. The molecule has 80 valence electrons.